The number of hydrogen-bond donors (Lipinski definition) is 2. The molecule has 0 saturated carbocycles. The fourth-order valence-electron chi connectivity index (χ4n) is 3.00. The SMILES string of the molecule is Nc1ccc(S(=O)(=O)N2CCC(O)(c3cc(Cl)cc(Cl)c3)CC2)cc1. The summed E-state index contributed by atoms with van der Waals surface area (Å²) in [5, 5.41) is 11.8. The van der Waals surface area contributed by atoms with Gasteiger partial charge >= 0.3 is 0 Å². The third-order valence-corrected chi connectivity index (χ3v) is 6.82. The first-order chi connectivity index (χ1) is 11.7. The van der Waals surface area contributed by atoms with Crippen LogP contribution in [0.15, 0.2) is 47.4 Å². The van der Waals surface area contributed by atoms with Gasteiger partial charge in [-0.25, -0.2) is 8.42 Å². The highest BCUT2D eigenvalue weighted by molar-refractivity contribution is 7.89. The van der Waals surface area contributed by atoms with E-state index in [0.29, 0.717) is 21.3 Å². The Bertz CT molecular complexity index is 857. The first-order valence-electron chi connectivity index (χ1n) is 7.75. The lowest BCUT2D eigenvalue weighted by atomic mass is 9.85. The molecule has 134 valence electrons. The molecule has 0 bridgehead atoms. The van der Waals surface area contributed by atoms with E-state index in [1.54, 1.807) is 30.3 Å². The van der Waals surface area contributed by atoms with E-state index >= 15 is 0 Å². The van der Waals surface area contributed by atoms with E-state index in [1.807, 2.05) is 0 Å². The van der Waals surface area contributed by atoms with Crippen LogP contribution in [-0.4, -0.2) is 30.9 Å². The predicted molar refractivity (Wildman–Crippen MR) is 99.2 cm³/mol. The molecule has 0 unspecified atom stereocenters. The van der Waals surface area contributed by atoms with Crippen molar-refractivity contribution in [3.8, 4) is 0 Å². The molecule has 1 heterocycles. The summed E-state index contributed by atoms with van der Waals surface area (Å²) in [5.41, 5.74) is 5.57. The zero-order valence-corrected chi connectivity index (χ0v) is 15.7. The number of nitrogen functional groups attached to an aromatic ring is 1. The van der Waals surface area contributed by atoms with Crippen LogP contribution in [0.5, 0.6) is 0 Å². The number of sulfonamides is 1. The van der Waals surface area contributed by atoms with Crippen LogP contribution in [0.1, 0.15) is 18.4 Å². The van der Waals surface area contributed by atoms with Gasteiger partial charge in [0, 0.05) is 28.8 Å². The molecule has 0 atom stereocenters. The Hall–Kier alpha value is -1.31. The summed E-state index contributed by atoms with van der Waals surface area (Å²) >= 11 is 12.0. The second-order valence-electron chi connectivity index (χ2n) is 6.16. The first kappa shape index (κ1) is 18.5. The minimum absolute atomic E-state index is 0.193. The van der Waals surface area contributed by atoms with Crippen LogP contribution in [0.4, 0.5) is 5.69 Å². The zero-order valence-electron chi connectivity index (χ0n) is 13.3. The van der Waals surface area contributed by atoms with Gasteiger partial charge in [0.05, 0.1) is 10.5 Å². The van der Waals surface area contributed by atoms with E-state index in [-0.39, 0.29) is 30.8 Å². The van der Waals surface area contributed by atoms with Gasteiger partial charge in [-0.15, -0.1) is 0 Å². The molecule has 2 aromatic carbocycles. The summed E-state index contributed by atoms with van der Waals surface area (Å²) in [6.45, 7) is 0.403. The lowest BCUT2D eigenvalue weighted by Crippen LogP contribution is -2.45. The maximum Gasteiger partial charge on any atom is 0.243 e. The predicted octanol–water partition coefficient (Wildman–Crippen LogP) is 3.25. The summed E-state index contributed by atoms with van der Waals surface area (Å²) in [6.07, 6.45) is 0.524. The molecule has 1 fully saturated rings. The molecule has 3 rings (SSSR count). The number of halogens is 2. The van der Waals surface area contributed by atoms with Crippen LogP contribution in [0, 0.1) is 0 Å². The molecule has 0 aliphatic carbocycles. The second-order valence-corrected chi connectivity index (χ2v) is 8.97. The van der Waals surface area contributed by atoms with Crippen molar-refractivity contribution in [3.05, 3.63) is 58.1 Å². The lowest BCUT2D eigenvalue weighted by Gasteiger charge is -2.38. The molecule has 0 spiro atoms. The number of rotatable bonds is 3. The molecule has 5 nitrogen and oxygen atoms in total. The van der Waals surface area contributed by atoms with Crippen LogP contribution in [0.2, 0.25) is 10.0 Å². The quantitative estimate of drug-likeness (QED) is 0.774. The number of nitrogens with two attached hydrogens (primary N) is 1. The molecule has 0 amide bonds. The fraction of sp³-hybridized carbons (Fsp3) is 0.294. The second kappa shape index (κ2) is 6.78. The van der Waals surface area contributed by atoms with Crippen molar-refractivity contribution in [1.29, 1.82) is 0 Å². The molecule has 0 aromatic heterocycles. The highest BCUT2D eigenvalue weighted by atomic mass is 35.5. The molecule has 8 heteroatoms. The number of aliphatic hydroxyl groups is 1. The van der Waals surface area contributed by atoms with Gasteiger partial charge in [0.25, 0.3) is 0 Å². The van der Waals surface area contributed by atoms with Gasteiger partial charge in [0.2, 0.25) is 10.0 Å². The normalized spacial score (nSPS) is 18.2. The fourth-order valence-corrected chi connectivity index (χ4v) is 4.96. The van der Waals surface area contributed by atoms with Gasteiger partial charge in [-0.05, 0) is 60.9 Å². The minimum atomic E-state index is -3.61. The number of anilines is 1. The summed E-state index contributed by atoms with van der Waals surface area (Å²) in [6, 6.07) is 11.0. The molecule has 0 radical (unpaired) electrons. The van der Waals surface area contributed by atoms with Crippen molar-refractivity contribution in [2.24, 2.45) is 0 Å². The summed E-state index contributed by atoms with van der Waals surface area (Å²) in [5.74, 6) is 0. The average molecular weight is 401 g/mol. The topological polar surface area (TPSA) is 83.6 Å². The maximum absolute atomic E-state index is 12.7. The molecule has 2 aromatic rings. The Morgan fingerprint density at radius 1 is 1.00 bits per heavy atom. The Morgan fingerprint density at radius 2 is 1.52 bits per heavy atom. The maximum atomic E-state index is 12.7. The Kier molecular flexibility index (Phi) is 5.01. The van der Waals surface area contributed by atoms with Gasteiger partial charge in [0.1, 0.15) is 0 Å². The van der Waals surface area contributed by atoms with Crippen LogP contribution in [-0.2, 0) is 15.6 Å². The van der Waals surface area contributed by atoms with E-state index in [4.69, 9.17) is 28.9 Å². The van der Waals surface area contributed by atoms with E-state index in [9.17, 15) is 13.5 Å². The van der Waals surface area contributed by atoms with Gasteiger partial charge in [-0.3, -0.25) is 0 Å². The van der Waals surface area contributed by atoms with Gasteiger partial charge in [-0.1, -0.05) is 23.2 Å². The summed E-state index contributed by atoms with van der Waals surface area (Å²) in [7, 11) is -3.61. The average Bonchev–Trinajstić information content (AvgIpc) is 2.55. The zero-order chi connectivity index (χ0) is 18.2. The van der Waals surface area contributed by atoms with Crippen LogP contribution >= 0.6 is 23.2 Å². The van der Waals surface area contributed by atoms with E-state index in [2.05, 4.69) is 0 Å². The van der Waals surface area contributed by atoms with E-state index < -0.39 is 15.6 Å². The lowest BCUT2D eigenvalue weighted by molar-refractivity contribution is -0.00960. The number of benzene rings is 2. The number of nitrogens with zero attached hydrogens (tertiary/aromatic N) is 1. The third kappa shape index (κ3) is 3.78. The first-order valence-corrected chi connectivity index (χ1v) is 9.95. The number of piperidine rings is 1. The number of hydrogen-bond acceptors (Lipinski definition) is 4. The van der Waals surface area contributed by atoms with Crippen LogP contribution in [0.25, 0.3) is 0 Å². The van der Waals surface area contributed by atoms with Gasteiger partial charge < -0.3 is 10.8 Å². The Labute approximate surface area is 157 Å². The molecular formula is C17H18Cl2N2O3S. The molecule has 1 aliphatic heterocycles. The molecule has 1 saturated heterocycles. The Balaban J connectivity index is 1.80. The molecular weight excluding hydrogens is 383 g/mol. The third-order valence-electron chi connectivity index (χ3n) is 4.47. The Morgan fingerprint density at radius 3 is 2.04 bits per heavy atom. The van der Waals surface area contributed by atoms with Crippen LogP contribution < -0.4 is 5.73 Å². The highest BCUT2D eigenvalue weighted by Gasteiger charge is 2.38. The van der Waals surface area contributed by atoms with E-state index in [1.165, 1.54) is 16.4 Å². The molecule has 3 N–H and O–H groups in total. The van der Waals surface area contributed by atoms with Crippen molar-refractivity contribution in [2.75, 3.05) is 18.8 Å². The largest absolute Gasteiger partial charge is 0.399 e. The van der Waals surface area contributed by atoms with Crippen LogP contribution in [0.3, 0.4) is 0 Å². The highest BCUT2D eigenvalue weighted by Crippen LogP contribution is 2.37. The molecule has 25 heavy (non-hydrogen) atoms. The van der Waals surface area contributed by atoms with Crippen molar-refractivity contribution in [2.45, 2.75) is 23.3 Å². The summed E-state index contributed by atoms with van der Waals surface area (Å²) < 4.78 is 26.8. The summed E-state index contributed by atoms with van der Waals surface area (Å²) in [4.78, 5) is 0.193. The molecule has 1 aliphatic rings. The minimum Gasteiger partial charge on any atom is -0.399 e. The standard InChI is InChI=1S/C17H18Cl2N2O3S/c18-13-9-12(10-14(19)11-13)17(22)5-7-21(8-6-17)25(23,24)16-3-1-15(20)2-4-16/h1-4,9-11,22H,5-8,20H2. The van der Waals surface area contributed by atoms with Crippen molar-refractivity contribution >= 4 is 38.9 Å². The van der Waals surface area contributed by atoms with E-state index in [0.717, 1.165) is 0 Å². The van der Waals surface area contributed by atoms with Crippen molar-refractivity contribution in [1.82, 2.24) is 4.31 Å². The van der Waals surface area contributed by atoms with Gasteiger partial charge in [0.15, 0.2) is 0 Å². The smallest absolute Gasteiger partial charge is 0.243 e. The van der Waals surface area contributed by atoms with Crippen molar-refractivity contribution < 1.29 is 13.5 Å². The monoisotopic (exact) mass is 400 g/mol. The van der Waals surface area contributed by atoms with Crippen molar-refractivity contribution in [3.63, 3.8) is 0 Å². The van der Waals surface area contributed by atoms with Gasteiger partial charge in [-0.2, -0.15) is 4.31 Å².